The van der Waals surface area contributed by atoms with Crippen molar-refractivity contribution in [3.05, 3.63) is 40.9 Å². The Morgan fingerprint density at radius 2 is 2.14 bits per heavy atom. The Bertz CT molecular complexity index is 680. The number of carbonyl (C=O) groups is 2. The molecule has 1 heterocycles. The Labute approximate surface area is 133 Å². The molecule has 0 unspecified atom stereocenters. The molecule has 0 saturated heterocycles. The van der Waals surface area contributed by atoms with E-state index in [0.717, 1.165) is 5.69 Å². The lowest BCUT2D eigenvalue weighted by Crippen LogP contribution is -2.20. The molecule has 0 fully saturated rings. The first-order valence-corrected chi connectivity index (χ1v) is 7.82. The van der Waals surface area contributed by atoms with Crippen LogP contribution in [0.1, 0.15) is 42.7 Å². The van der Waals surface area contributed by atoms with Gasteiger partial charge < -0.3 is 4.74 Å². The first kappa shape index (κ1) is 16.2. The molecule has 2 aromatic rings. The third kappa shape index (κ3) is 4.39. The summed E-state index contributed by atoms with van der Waals surface area (Å²) in [6, 6.07) is 6.76. The zero-order valence-electron chi connectivity index (χ0n) is 12.8. The SMILES string of the molecule is CC(=O)c1cccc(OCC(=O)Nc2nc(C(C)C)cs2)c1. The predicted molar refractivity (Wildman–Crippen MR) is 86.8 cm³/mol. The second-order valence-corrected chi connectivity index (χ2v) is 6.01. The van der Waals surface area contributed by atoms with Gasteiger partial charge in [0.25, 0.3) is 5.91 Å². The van der Waals surface area contributed by atoms with E-state index in [4.69, 9.17) is 4.74 Å². The van der Waals surface area contributed by atoms with Crippen LogP contribution < -0.4 is 10.1 Å². The summed E-state index contributed by atoms with van der Waals surface area (Å²) in [5, 5.41) is 5.19. The van der Waals surface area contributed by atoms with Crippen LogP contribution in [0.15, 0.2) is 29.6 Å². The standard InChI is InChI=1S/C16H18N2O3S/c1-10(2)14-9-22-16(17-14)18-15(20)8-21-13-6-4-5-12(7-13)11(3)19/h4-7,9-10H,8H2,1-3H3,(H,17,18,20). The van der Waals surface area contributed by atoms with E-state index < -0.39 is 0 Å². The minimum Gasteiger partial charge on any atom is -0.484 e. The number of rotatable bonds is 6. The maximum absolute atomic E-state index is 11.8. The molecule has 0 aliphatic carbocycles. The molecular formula is C16H18N2O3S. The van der Waals surface area contributed by atoms with Crippen molar-refractivity contribution in [1.82, 2.24) is 4.98 Å². The third-order valence-corrected chi connectivity index (χ3v) is 3.75. The largest absolute Gasteiger partial charge is 0.484 e. The first-order chi connectivity index (χ1) is 10.5. The average Bonchev–Trinajstić information content (AvgIpc) is 2.94. The van der Waals surface area contributed by atoms with Gasteiger partial charge in [-0.2, -0.15) is 0 Å². The fourth-order valence-electron chi connectivity index (χ4n) is 1.72. The van der Waals surface area contributed by atoms with Crippen LogP contribution in [0.25, 0.3) is 0 Å². The molecular weight excluding hydrogens is 300 g/mol. The van der Waals surface area contributed by atoms with Crippen molar-refractivity contribution in [2.24, 2.45) is 0 Å². The highest BCUT2D eigenvalue weighted by Gasteiger charge is 2.10. The number of benzene rings is 1. The van der Waals surface area contributed by atoms with Gasteiger partial charge in [-0.25, -0.2) is 4.98 Å². The van der Waals surface area contributed by atoms with Crippen LogP contribution in [-0.4, -0.2) is 23.3 Å². The number of ketones is 1. The number of Topliss-reactive ketones (excluding diaryl/α,β-unsaturated/α-hetero) is 1. The van der Waals surface area contributed by atoms with Gasteiger partial charge in [0, 0.05) is 10.9 Å². The van der Waals surface area contributed by atoms with Gasteiger partial charge in [0.05, 0.1) is 5.69 Å². The molecule has 6 heteroatoms. The van der Waals surface area contributed by atoms with Crippen LogP contribution in [-0.2, 0) is 4.79 Å². The van der Waals surface area contributed by atoms with Crippen LogP contribution in [0.2, 0.25) is 0 Å². The molecule has 0 radical (unpaired) electrons. The van der Waals surface area contributed by atoms with E-state index in [-0.39, 0.29) is 18.3 Å². The molecule has 0 aliphatic heterocycles. The van der Waals surface area contributed by atoms with Gasteiger partial charge >= 0.3 is 0 Å². The van der Waals surface area contributed by atoms with E-state index in [9.17, 15) is 9.59 Å². The number of thiazole rings is 1. The molecule has 0 atom stereocenters. The number of hydrogen-bond acceptors (Lipinski definition) is 5. The second-order valence-electron chi connectivity index (χ2n) is 5.15. The molecule has 116 valence electrons. The second kappa shape index (κ2) is 7.17. The minimum absolute atomic E-state index is 0.0427. The normalized spacial score (nSPS) is 10.5. The van der Waals surface area contributed by atoms with Crippen molar-refractivity contribution in [1.29, 1.82) is 0 Å². The van der Waals surface area contributed by atoms with E-state index in [1.54, 1.807) is 24.3 Å². The lowest BCUT2D eigenvalue weighted by atomic mass is 10.1. The summed E-state index contributed by atoms with van der Waals surface area (Å²) in [4.78, 5) is 27.5. The molecule has 1 amide bonds. The fourth-order valence-corrected chi connectivity index (χ4v) is 2.61. The van der Waals surface area contributed by atoms with E-state index >= 15 is 0 Å². The van der Waals surface area contributed by atoms with Crippen LogP contribution in [0.3, 0.4) is 0 Å². The Balaban J connectivity index is 1.89. The van der Waals surface area contributed by atoms with Gasteiger partial charge in [0.1, 0.15) is 5.75 Å². The van der Waals surface area contributed by atoms with Gasteiger partial charge in [-0.15, -0.1) is 11.3 Å². The summed E-state index contributed by atoms with van der Waals surface area (Å²) >= 11 is 1.39. The lowest BCUT2D eigenvalue weighted by Gasteiger charge is -2.06. The molecule has 1 N–H and O–H groups in total. The molecule has 0 aliphatic rings. The van der Waals surface area contributed by atoms with E-state index in [1.807, 2.05) is 19.2 Å². The number of aromatic nitrogens is 1. The monoisotopic (exact) mass is 318 g/mol. The summed E-state index contributed by atoms with van der Waals surface area (Å²) in [6.45, 7) is 5.45. The highest BCUT2D eigenvalue weighted by molar-refractivity contribution is 7.13. The van der Waals surface area contributed by atoms with Gasteiger partial charge in [-0.05, 0) is 25.0 Å². The molecule has 1 aromatic carbocycles. The predicted octanol–water partition coefficient (Wildman–Crippen LogP) is 3.49. The van der Waals surface area contributed by atoms with Crippen molar-refractivity contribution in [3.8, 4) is 5.75 Å². The van der Waals surface area contributed by atoms with Crippen molar-refractivity contribution >= 4 is 28.2 Å². The smallest absolute Gasteiger partial charge is 0.264 e. The molecule has 5 nitrogen and oxygen atoms in total. The van der Waals surface area contributed by atoms with Crippen LogP contribution in [0.5, 0.6) is 5.75 Å². The summed E-state index contributed by atoms with van der Waals surface area (Å²) in [5.41, 5.74) is 1.51. The zero-order valence-corrected chi connectivity index (χ0v) is 13.6. The van der Waals surface area contributed by atoms with E-state index in [0.29, 0.717) is 22.4 Å². The summed E-state index contributed by atoms with van der Waals surface area (Å²) < 4.78 is 5.40. The summed E-state index contributed by atoms with van der Waals surface area (Å²) in [6.07, 6.45) is 0. The fraction of sp³-hybridized carbons (Fsp3) is 0.312. The Hall–Kier alpha value is -2.21. The number of carbonyl (C=O) groups excluding carboxylic acids is 2. The Morgan fingerprint density at radius 1 is 1.36 bits per heavy atom. The summed E-state index contributed by atoms with van der Waals surface area (Å²) in [5.74, 6) is 0.495. The third-order valence-electron chi connectivity index (χ3n) is 2.97. The number of amides is 1. The highest BCUT2D eigenvalue weighted by Crippen LogP contribution is 2.21. The van der Waals surface area contributed by atoms with Crippen LogP contribution in [0, 0.1) is 0 Å². The molecule has 0 spiro atoms. The Kier molecular flexibility index (Phi) is 5.27. The van der Waals surface area contributed by atoms with Gasteiger partial charge in [-0.3, -0.25) is 14.9 Å². The maximum atomic E-state index is 11.8. The van der Waals surface area contributed by atoms with Crippen molar-refractivity contribution in [2.45, 2.75) is 26.7 Å². The van der Waals surface area contributed by atoms with Crippen LogP contribution >= 0.6 is 11.3 Å². The molecule has 2 rings (SSSR count). The van der Waals surface area contributed by atoms with Crippen LogP contribution in [0.4, 0.5) is 5.13 Å². The number of anilines is 1. The topological polar surface area (TPSA) is 68.3 Å². The van der Waals surface area contributed by atoms with Gasteiger partial charge in [0.15, 0.2) is 17.5 Å². The molecule has 22 heavy (non-hydrogen) atoms. The lowest BCUT2D eigenvalue weighted by molar-refractivity contribution is -0.118. The number of ether oxygens (including phenoxy) is 1. The average molecular weight is 318 g/mol. The molecule has 0 bridgehead atoms. The van der Waals surface area contributed by atoms with E-state index in [2.05, 4.69) is 10.3 Å². The van der Waals surface area contributed by atoms with Crippen molar-refractivity contribution in [2.75, 3.05) is 11.9 Å². The van der Waals surface area contributed by atoms with E-state index in [1.165, 1.54) is 18.3 Å². The minimum atomic E-state index is -0.280. The van der Waals surface area contributed by atoms with Crippen molar-refractivity contribution < 1.29 is 14.3 Å². The summed E-state index contributed by atoms with van der Waals surface area (Å²) in [7, 11) is 0. The Morgan fingerprint density at radius 3 is 2.77 bits per heavy atom. The quantitative estimate of drug-likeness (QED) is 0.828. The van der Waals surface area contributed by atoms with Gasteiger partial charge in [-0.1, -0.05) is 26.0 Å². The highest BCUT2D eigenvalue weighted by atomic mass is 32.1. The zero-order chi connectivity index (χ0) is 16.1. The van der Waals surface area contributed by atoms with Crippen molar-refractivity contribution in [3.63, 3.8) is 0 Å². The number of nitrogens with zero attached hydrogens (tertiary/aromatic N) is 1. The number of nitrogens with one attached hydrogen (secondary N) is 1. The van der Waals surface area contributed by atoms with Gasteiger partial charge in [0.2, 0.25) is 0 Å². The number of hydrogen-bond donors (Lipinski definition) is 1. The first-order valence-electron chi connectivity index (χ1n) is 6.95. The molecule has 1 aromatic heterocycles. The maximum Gasteiger partial charge on any atom is 0.264 e. The molecule has 0 saturated carbocycles.